The molecule has 0 aromatic carbocycles. The van der Waals surface area contributed by atoms with E-state index in [9.17, 15) is 5.11 Å². The van der Waals surface area contributed by atoms with Crippen LogP contribution in [0.2, 0.25) is 0 Å². The Hall–Kier alpha value is 0.310. The lowest BCUT2D eigenvalue weighted by Crippen LogP contribution is -2.29. The van der Waals surface area contributed by atoms with Crippen molar-refractivity contribution in [3.05, 3.63) is 0 Å². The van der Waals surface area contributed by atoms with Gasteiger partial charge in [-0.25, -0.2) is 0 Å². The highest BCUT2D eigenvalue weighted by Crippen LogP contribution is 2.27. The monoisotopic (exact) mass is 245 g/mol. The first-order chi connectivity index (χ1) is 7.65. The van der Waals surface area contributed by atoms with Crippen LogP contribution < -0.4 is 0 Å². The minimum atomic E-state index is -0.169. The SMILES string of the molecule is C[C@H]1CC[C@H](OC[C@@H]2C[C@@H](O)CN2P)CC1. The van der Waals surface area contributed by atoms with Crippen LogP contribution in [-0.4, -0.2) is 41.2 Å². The lowest BCUT2D eigenvalue weighted by molar-refractivity contribution is 0.00278. The molecule has 4 heteroatoms. The lowest BCUT2D eigenvalue weighted by atomic mass is 9.89. The number of aliphatic hydroxyl groups is 1. The van der Waals surface area contributed by atoms with E-state index >= 15 is 0 Å². The number of aliphatic hydroxyl groups excluding tert-OH is 1. The van der Waals surface area contributed by atoms with E-state index in [4.69, 9.17) is 4.74 Å². The van der Waals surface area contributed by atoms with Crippen molar-refractivity contribution in [1.82, 2.24) is 4.67 Å². The van der Waals surface area contributed by atoms with Crippen LogP contribution in [0.4, 0.5) is 0 Å². The van der Waals surface area contributed by atoms with Gasteiger partial charge in [-0.2, -0.15) is 0 Å². The predicted molar refractivity (Wildman–Crippen MR) is 68.2 cm³/mol. The molecule has 1 saturated carbocycles. The third-order valence-corrected chi connectivity index (χ3v) is 4.55. The zero-order chi connectivity index (χ0) is 11.5. The third kappa shape index (κ3) is 3.40. The van der Waals surface area contributed by atoms with Crippen molar-refractivity contribution in [2.24, 2.45) is 5.92 Å². The molecule has 1 aliphatic heterocycles. The van der Waals surface area contributed by atoms with Gasteiger partial charge >= 0.3 is 0 Å². The van der Waals surface area contributed by atoms with Crippen molar-refractivity contribution >= 4 is 9.39 Å². The first-order valence-corrected chi connectivity index (χ1v) is 6.97. The molecule has 1 N–H and O–H groups in total. The van der Waals surface area contributed by atoms with Gasteiger partial charge in [0.05, 0.1) is 18.8 Å². The van der Waals surface area contributed by atoms with Crippen LogP contribution in [0.15, 0.2) is 0 Å². The van der Waals surface area contributed by atoms with E-state index in [1.165, 1.54) is 25.7 Å². The zero-order valence-electron chi connectivity index (χ0n) is 10.1. The lowest BCUT2D eigenvalue weighted by Gasteiger charge is -2.28. The van der Waals surface area contributed by atoms with Crippen molar-refractivity contribution in [1.29, 1.82) is 0 Å². The third-order valence-electron chi connectivity index (χ3n) is 3.92. The smallest absolute Gasteiger partial charge is 0.0686 e. The molecular formula is C12H24NO2P. The van der Waals surface area contributed by atoms with E-state index in [2.05, 4.69) is 21.0 Å². The summed E-state index contributed by atoms with van der Waals surface area (Å²) < 4.78 is 8.10. The Kier molecular flexibility index (Phi) is 4.60. The Bertz CT molecular complexity index is 219. The van der Waals surface area contributed by atoms with Gasteiger partial charge in [-0.05, 0) is 38.0 Å². The van der Waals surface area contributed by atoms with E-state index in [0.717, 1.165) is 25.5 Å². The standard InChI is InChI=1S/C12H24NO2P/c1-9-2-4-12(5-3-9)15-8-10-6-11(14)7-13(10)16/h9-12,14H,2-8,16H2,1H3/t9-,10-,11+,12-/m0/s1. The summed E-state index contributed by atoms with van der Waals surface area (Å²) in [6, 6.07) is 0.388. The molecule has 16 heavy (non-hydrogen) atoms. The van der Waals surface area contributed by atoms with E-state index < -0.39 is 0 Å². The quantitative estimate of drug-likeness (QED) is 0.770. The fraction of sp³-hybridized carbons (Fsp3) is 1.00. The minimum Gasteiger partial charge on any atom is -0.392 e. The average molecular weight is 245 g/mol. The maximum absolute atomic E-state index is 9.53. The van der Waals surface area contributed by atoms with Gasteiger partial charge in [0.15, 0.2) is 0 Å². The van der Waals surface area contributed by atoms with Gasteiger partial charge in [-0.15, -0.1) is 0 Å². The number of β-amino-alcohol motifs (C(OH)–C–C–N with tert-alkyl or cyclic N) is 1. The summed E-state index contributed by atoms with van der Waals surface area (Å²) >= 11 is 0. The maximum Gasteiger partial charge on any atom is 0.0686 e. The number of nitrogens with zero attached hydrogens (tertiary/aromatic N) is 1. The van der Waals surface area contributed by atoms with Crippen molar-refractivity contribution in [2.45, 2.75) is 57.3 Å². The molecule has 1 aliphatic carbocycles. The number of hydrogen-bond donors (Lipinski definition) is 1. The maximum atomic E-state index is 9.53. The van der Waals surface area contributed by atoms with Crippen molar-refractivity contribution in [3.63, 3.8) is 0 Å². The molecule has 0 aromatic heterocycles. The normalized spacial score (nSPS) is 41.4. The molecule has 0 aromatic rings. The molecule has 3 nitrogen and oxygen atoms in total. The molecule has 0 amide bonds. The molecule has 1 saturated heterocycles. The average Bonchev–Trinajstić information content (AvgIpc) is 2.57. The summed E-state index contributed by atoms with van der Waals surface area (Å²) in [6.07, 6.45) is 6.20. The summed E-state index contributed by atoms with van der Waals surface area (Å²) in [5.74, 6) is 0.881. The van der Waals surface area contributed by atoms with Crippen LogP contribution >= 0.6 is 9.39 Å². The van der Waals surface area contributed by atoms with E-state index in [1.807, 2.05) is 0 Å². The molecule has 0 bridgehead atoms. The van der Waals surface area contributed by atoms with E-state index in [-0.39, 0.29) is 6.10 Å². The number of ether oxygens (including phenoxy) is 1. The van der Waals surface area contributed by atoms with E-state index in [1.54, 1.807) is 0 Å². The van der Waals surface area contributed by atoms with Gasteiger partial charge in [-0.3, -0.25) is 4.67 Å². The highest BCUT2D eigenvalue weighted by Gasteiger charge is 2.29. The molecule has 94 valence electrons. The van der Waals surface area contributed by atoms with Crippen LogP contribution in [-0.2, 0) is 4.74 Å². The molecular weight excluding hydrogens is 221 g/mol. The minimum absolute atomic E-state index is 0.169. The highest BCUT2D eigenvalue weighted by atomic mass is 31.0. The van der Waals surface area contributed by atoms with Crippen LogP contribution in [0.1, 0.15) is 39.0 Å². The Labute approximate surface area is 101 Å². The largest absolute Gasteiger partial charge is 0.392 e. The summed E-state index contributed by atoms with van der Waals surface area (Å²) in [5.41, 5.74) is 0. The molecule has 1 unspecified atom stereocenters. The molecule has 3 atom stereocenters. The van der Waals surface area contributed by atoms with Gasteiger partial charge in [-0.1, -0.05) is 16.3 Å². The Morgan fingerprint density at radius 3 is 2.56 bits per heavy atom. The fourth-order valence-electron chi connectivity index (χ4n) is 2.72. The topological polar surface area (TPSA) is 32.7 Å². The van der Waals surface area contributed by atoms with Gasteiger partial charge < -0.3 is 9.84 Å². The molecule has 2 aliphatic rings. The van der Waals surface area contributed by atoms with Crippen LogP contribution in [0.5, 0.6) is 0 Å². The Balaban J connectivity index is 1.67. The highest BCUT2D eigenvalue weighted by molar-refractivity contribution is 7.13. The molecule has 1 heterocycles. The van der Waals surface area contributed by atoms with Gasteiger partial charge in [0.25, 0.3) is 0 Å². The summed E-state index contributed by atoms with van der Waals surface area (Å²) in [7, 11) is 2.70. The Morgan fingerprint density at radius 1 is 1.31 bits per heavy atom. The van der Waals surface area contributed by atoms with Crippen LogP contribution in [0.25, 0.3) is 0 Å². The van der Waals surface area contributed by atoms with E-state index in [0.29, 0.717) is 12.1 Å². The predicted octanol–water partition coefficient (Wildman–Crippen LogP) is 1.81. The van der Waals surface area contributed by atoms with Crippen molar-refractivity contribution in [2.75, 3.05) is 13.2 Å². The summed E-state index contributed by atoms with van der Waals surface area (Å²) in [5, 5.41) is 9.53. The van der Waals surface area contributed by atoms with Gasteiger partial charge in [0, 0.05) is 12.6 Å². The second kappa shape index (κ2) is 5.77. The summed E-state index contributed by atoms with van der Waals surface area (Å²) in [4.78, 5) is 0. The summed E-state index contributed by atoms with van der Waals surface area (Å²) in [6.45, 7) is 3.87. The zero-order valence-corrected chi connectivity index (χ0v) is 11.3. The molecule has 2 rings (SSSR count). The number of hydrogen-bond acceptors (Lipinski definition) is 3. The molecule has 0 spiro atoms. The van der Waals surface area contributed by atoms with Crippen LogP contribution in [0.3, 0.4) is 0 Å². The fourth-order valence-corrected chi connectivity index (χ4v) is 3.17. The van der Waals surface area contributed by atoms with Gasteiger partial charge in [0.1, 0.15) is 0 Å². The number of rotatable bonds is 3. The first-order valence-electron chi connectivity index (χ1n) is 6.46. The van der Waals surface area contributed by atoms with Crippen molar-refractivity contribution in [3.8, 4) is 0 Å². The van der Waals surface area contributed by atoms with Gasteiger partial charge in [0.2, 0.25) is 0 Å². The molecule has 0 radical (unpaired) electrons. The second-order valence-electron chi connectivity index (χ2n) is 5.46. The Morgan fingerprint density at radius 2 is 2.00 bits per heavy atom. The second-order valence-corrected chi connectivity index (χ2v) is 6.12. The van der Waals surface area contributed by atoms with Crippen molar-refractivity contribution < 1.29 is 9.84 Å². The van der Waals surface area contributed by atoms with Crippen LogP contribution in [0, 0.1) is 5.92 Å². The first kappa shape index (κ1) is 12.8. The molecule has 2 fully saturated rings.